The molecule has 1 aromatic heterocycles. The number of nitrogens with zero attached hydrogens (tertiary/aromatic N) is 4. The molecule has 2 aliphatic rings. The van der Waals surface area contributed by atoms with E-state index in [0.717, 1.165) is 56.2 Å². The summed E-state index contributed by atoms with van der Waals surface area (Å²) in [5.41, 5.74) is 1.75. The van der Waals surface area contributed by atoms with Gasteiger partial charge in [-0.3, -0.25) is 4.90 Å². The van der Waals surface area contributed by atoms with Crippen LogP contribution >= 0.6 is 0 Å². The van der Waals surface area contributed by atoms with Gasteiger partial charge in [-0.15, -0.1) is 0 Å². The van der Waals surface area contributed by atoms with Crippen LogP contribution in [0.5, 0.6) is 0 Å². The van der Waals surface area contributed by atoms with Gasteiger partial charge in [0.1, 0.15) is 11.9 Å². The Labute approximate surface area is 120 Å². The lowest BCUT2D eigenvalue weighted by Crippen LogP contribution is -2.49. The van der Waals surface area contributed by atoms with Crippen LogP contribution in [0, 0.1) is 18.3 Å². The third-order valence-corrected chi connectivity index (χ3v) is 4.38. The Morgan fingerprint density at radius 3 is 2.90 bits per heavy atom. The molecule has 106 valence electrons. The third kappa shape index (κ3) is 2.49. The van der Waals surface area contributed by atoms with Crippen molar-refractivity contribution in [2.24, 2.45) is 0 Å². The Hall–Kier alpha value is -1.64. The molecule has 0 aliphatic carbocycles. The van der Waals surface area contributed by atoms with Gasteiger partial charge in [0.2, 0.25) is 0 Å². The second kappa shape index (κ2) is 5.78. The lowest BCUT2D eigenvalue weighted by molar-refractivity contribution is 0.185. The van der Waals surface area contributed by atoms with E-state index in [1.807, 2.05) is 19.2 Å². The first-order chi connectivity index (χ1) is 9.79. The molecule has 20 heavy (non-hydrogen) atoms. The van der Waals surface area contributed by atoms with Gasteiger partial charge in [-0.2, -0.15) is 5.26 Å². The van der Waals surface area contributed by atoms with E-state index in [1.54, 1.807) is 0 Å². The molecule has 1 atom stereocenters. The van der Waals surface area contributed by atoms with Crippen molar-refractivity contribution in [3.05, 3.63) is 23.4 Å². The summed E-state index contributed by atoms with van der Waals surface area (Å²) in [5, 5.41) is 12.7. The normalized spacial score (nSPS) is 23.8. The molecule has 2 saturated heterocycles. The van der Waals surface area contributed by atoms with Gasteiger partial charge < -0.3 is 10.2 Å². The van der Waals surface area contributed by atoms with Crippen LogP contribution in [-0.2, 0) is 0 Å². The summed E-state index contributed by atoms with van der Waals surface area (Å²) in [6.07, 6.45) is 2.98. The number of nitrogens with one attached hydrogen (secondary N) is 1. The molecular formula is C15H21N5. The van der Waals surface area contributed by atoms with Gasteiger partial charge in [0.05, 0.1) is 5.56 Å². The number of hydrogen-bond donors (Lipinski definition) is 1. The van der Waals surface area contributed by atoms with Crippen molar-refractivity contribution < 1.29 is 0 Å². The van der Waals surface area contributed by atoms with E-state index in [1.165, 1.54) is 6.42 Å². The molecule has 1 aromatic rings. The molecule has 0 bridgehead atoms. The maximum absolute atomic E-state index is 9.34. The van der Waals surface area contributed by atoms with E-state index >= 15 is 0 Å². The summed E-state index contributed by atoms with van der Waals surface area (Å²) < 4.78 is 0. The van der Waals surface area contributed by atoms with Crippen LogP contribution in [0.15, 0.2) is 12.3 Å². The zero-order valence-electron chi connectivity index (χ0n) is 12.0. The van der Waals surface area contributed by atoms with Crippen LogP contribution in [0.4, 0.5) is 5.82 Å². The summed E-state index contributed by atoms with van der Waals surface area (Å²) >= 11 is 0. The van der Waals surface area contributed by atoms with E-state index < -0.39 is 0 Å². The fourth-order valence-corrected chi connectivity index (χ4v) is 3.20. The molecule has 0 spiro atoms. The van der Waals surface area contributed by atoms with Crippen LogP contribution in [0.25, 0.3) is 0 Å². The molecule has 5 nitrogen and oxygen atoms in total. The first kappa shape index (κ1) is 13.3. The van der Waals surface area contributed by atoms with Crippen LogP contribution in [0.3, 0.4) is 0 Å². The zero-order valence-corrected chi connectivity index (χ0v) is 12.0. The standard InChI is InChI=1S/C15H21N5/c1-12-2-4-18-15(14(12)10-16)20-7-3-13(11-20)19-8-5-17-6-9-19/h2,4,13,17H,3,5-9,11H2,1H3. The van der Waals surface area contributed by atoms with Gasteiger partial charge in [0, 0.05) is 51.5 Å². The Kier molecular flexibility index (Phi) is 3.86. The molecule has 2 fully saturated rings. The van der Waals surface area contributed by atoms with E-state index in [2.05, 4.69) is 26.2 Å². The minimum absolute atomic E-state index is 0.603. The Balaban J connectivity index is 1.74. The number of rotatable bonds is 2. The number of nitriles is 1. The van der Waals surface area contributed by atoms with Crippen molar-refractivity contribution in [2.45, 2.75) is 19.4 Å². The highest BCUT2D eigenvalue weighted by atomic mass is 15.3. The van der Waals surface area contributed by atoms with Gasteiger partial charge in [-0.25, -0.2) is 4.98 Å². The summed E-state index contributed by atoms with van der Waals surface area (Å²) in [4.78, 5) is 9.29. The highest BCUT2D eigenvalue weighted by molar-refractivity contribution is 5.57. The zero-order chi connectivity index (χ0) is 13.9. The smallest absolute Gasteiger partial charge is 0.146 e. The fourth-order valence-electron chi connectivity index (χ4n) is 3.20. The van der Waals surface area contributed by atoms with E-state index in [-0.39, 0.29) is 0 Å². The van der Waals surface area contributed by atoms with Crippen molar-refractivity contribution in [1.82, 2.24) is 15.2 Å². The molecule has 1 N–H and O–H groups in total. The number of piperazine rings is 1. The van der Waals surface area contributed by atoms with Gasteiger partial charge in [-0.1, -0.05) is 0 Å². The van der Waals surface area contributed by atoms with E-state index in [9.17, 15) is 5.26 Å². The largest absolute Gasteiger partial charge is 0.354 e. The molecule has 0 saturated carbocycles. The van der Waals surface area contributed by atoms with Crippen molar-refractivity contribution >= 4 is 5.82 Å². The Morgan fingerprint density at radius 1 is 1.35 bits per heavy atom. The first-order valence-corrected chi connectivity index (χ1v) is 7.35. The number of aromatic nitrogens is 1. The summed E-state index contributed by atoms with van der Waals surface area (Å²) in [5.74, 6) is 0.866. The lowest BCUT2D eigenvalue weighted by Gasteiger charge is -2.32. The third-order valence-electron chi connectivity index (χ3n) is 4.38. The molecule has 1 unspecified atom stereocenters. The fraction of sp³-hybridized carbons (Fsp3) is 0.600. The number of pyridine rings is 1. The van der Waals surface area contributed by atoms with Crippen LogP contribution in [0.2, 0.25) is 0 Å². The Bertz CT molecular complexity index is 515. The van der Waals surface area contributed by atoms with Crippen molar-refractivity contribution in [2.75, 3.05) is 44.2 Å². The molecule has 3 rings (SSSR count). The predicted molar refractivity (Wildman–Crippen MR) is 78.7 cm³/mol. The highest BCUT2D eigenvalue weighted by Crippen LogP contribution is 2.25. The molecule has 0 radical (unpaired) electrons. The van der Waals surface area contributed by atoms with Crippen molar-refractivity contribution in [3.63, 3.8) is 0 Å². The van der Waals surface area contributed by atoms with Crippen LogP contribution in [-0.4, -0.2) is 55.2 Å². The molecule has 2 aliphatic heterocycles. The second-order valence-electron chi connectivity index (χ2n) is 5.61. The minimum atomic E-state index is 0.603. The molecule has 0 aromatic carbocycles. The first-order valence-electron chi connectivity index (χ1n) is 7.35. The topological polar surface area (TPSA) is 55.2 Å². The van der Waals surface area contributed by atoms with Gasteiger partial charge >= 0.3 is 0 Å². The van der Waals surface area contributed by atoms with Crippen LogP contribution < -0.4 is 10.2 Å². The molecule has 0 amide bonds. The van der Waals surface area contributed by atoms with Crippen molar-refractivity contribution in [3.8, 4) is 6.07 Å². The predicted octanol–water partition coefficient (Wildman–Crippen LogP) is 0.746. The van der Waals surface area contributed by atoms with E-state index in [0.29, 0.717) is 6.04 Å². The molecule has 5 heteroatoms. The van der Waals surface area contributed by atoms with Crippen LogP contribution in [0.1, 0.15) is 17.5 Å². The average Bonchev–Trinajstić information content (AvgIpc) is 2.97. The average molecular weight is 271 g/mol. The maximum atomic E-state index is 9.34. The van der Waals surface area contributed by atoms with Gasteiger partial charge in [0.15, 0.2) is 0 Å². The summed E-state index contributed by atoms with van der Waals surface area (Å²) in [6.45, 7) is 8.40. The van der Waals surface area contributed by atoms with E-state index in [4.69, 9.17) is 0 Å². The quantitative estimate of drug-likeness (QED) is 0.860. The Morgan fingerprint density at radius 2 is 2.15 bits per heavy atom. The monoisotopic (exact) mass is 271 g/mol. The second-order valence-corrected chi connectivity index (χ2v) is 5.61. The summed E-state index contributed by atoms with van der Waals surface area (Å²) in [7, 11) is 0. The maximum Gasteiger partial charge on any atom is 0.146 e. The number of anilines is 1. The van der Waals surface area contributed by atoms with Gasteiger partial charge in [0.25, 0.3) is 0 Å². The highest BCUT2D eigenvalue weighted by Gasteiger charge is 2.30. The molecular weight excluding hydrogens is 250 g/mol. The SMILES string of the molecule is Cc1ccnc(N2CCC(N3CCNCC3)C2)c1C#N. The summed E-state index contributed by atoms with van der Waals surface area (Å²) in [6, 6.07) is 4.82. The van der Waals surface area contributed by atoms with Crippen molar-refractivity contribution in [1.29, 1.82) is 5.26 Å². The minimum Gasteiger partial charge on any atom is -0.354 e. The van der Waals surface area contributed by atoms with Gasteiger partial charge in [-0.05, 0) is 25.0 Å². The number of hydrogen-bond acceptors (Lipinski definition) is 5. The lowest BCUT2D eigenvalue weighted by atomic mass is 10.1. The number of aryl methyl sites for hydroxylation is 1. The molecule has 3 heterocycles.